The number of carbonyl (C=O) groups is 1. The topological polar surface area (TPSA) is 44.8 Å². The van der Waals surface area contributed by atoms with Crippen LogP contribution in [0.3, 0.4) is 0 Å². The zero-order chi connectivity index (χ0) is 9.23. The second kappa shape index (κ2) is 8.23. The highest BCUT2D eigenvalue weighted by Crippen LogP contribution is 1.84. The van der Waals surface area contributed by atoms with Gasteiger partial charge in [0.2, 0.25) is 0 Å². The fraction of sp³-hybridized carbons (Fsp3) is 0.625. The molecule has 0 bridgehead atoms. The zero-order valence-corrected chi connectivity index (χ0v) is 7.25. The molecular weight excluding hydrogens is 160 g/mol. The minimum absolute atomic E-state index is 0.189. The van der Waals surface area contributed by atoms with E-state index in [9.17, 15) is 4.79 Å². The van der Waals surface area contributed by atoms with Crippen LogP contribution in [0.2, 0.25) is 0 Å². The predicted octanol–water partition coefficient (Wildman–Crippen LogP) is 1.07. The van der Waals surface area contributed by atoms with Crippen molar-refractivity contribution in [2.45, 2.75) is 13.3 Å². The molecule has 0 amide bonds. The van der Waals surface area contributed by atoms with Crippen LogP contribution in [-0.2, 0) is 19.3 Å². The molecule has 0 N–H and O–H groups in total. The van der Waals surface area contributed by atoms with Gasteiger partial charge in [-0.15, -0.1) is 0 Å². The van der Waals surface area contributed by atoms with Crippen molar-refractivity contribution in [1.29, 1.82) is 0 Å². The SMILES string of the molecule is C=CC(=O)OCCOOCCC. The van der Waals surface area contributed by atoms with E-state index in [-0.39, 0.29) is 13.2 Å². The van der Waals surface area contributed by atoms with E-state index in [1.165, 1.54) is 0 Å². The molecule has 0 rings (SSSR count). The second-order valence-electron chi connectivity index (χ2n) is 2.02. The Bertz CT molecular complexity index is 133. The first-order valence-corrected chi connectivity index (χ1v) is 3.84. The van der Waals surface area contributed by atoms with E-state index in [4.69, 9.17) is 0 Å². The maximum absolute atomic E-state index is 10.5. The number of ether oxygens (including phenoxy) is 1. The number of hydrogen-bond donors (Lipinski definition) is 0. The molecule has 4 heteroatoms. The van der Waals surface area contributed by atoms with Crippen molar-refractivity contribution in [2.24, 2.45) is 0 Å². The van der Waals surface area contributed by atoms with Gasteiger partial charge in [0.1, 0.15) is 13.2 Å². The normalized spacial score (nSPS) is 9.42. The minimum Gasteiger partial charge on any atom is -0.460 e. The lowest BCUT2D eigenvalue weighted by Gasteiger charge is -2.02. The molecule has 0 aliphatic carbocycles. The highest BCUT2D eigenvalue weighted by Gasteiger charge is 1.94. The van der Waals surface area contributed by atoms with E-state index in [1.807, 2.05) is 6.92 Å². The summed E-state index contributed by atoms with van der Waals surface area (Å²) < 4.78 is 4.61. The molecular formula is C8H14O4. The fourth-order valence-electron chi connectivity index (χ4n) is 0.436. The fourth-order valence-corrected chi connectivity index (χ4v) is 0.436. The van der Waals surface area contributed by atoms with Gasteiger partial charge in [0.15, 0.2) is 0 Å². The monoisotopic (exact) mass is 174 g/mol. The van der Waals surface area contributed by atoms with Crippen molar-refractivity contribution in [3.05, 3.63) is 12.7 Å². The molecule has 0 atom stereocenters. The van der Waals surface area contributed by atoms with Crippen LogP contribution in [0.4, 0.5) is 0 Å². The smallest absolute Gasteiger partial charge is 0.330 e. The molecule has 0 radical (unpaired) electrons. The van der Waals surface area contributed by atoms with Crippen molar-refractivity contribution in [3.8, 4) is 0 Å². The summed E-state index contributed by atoms with van der Waals surface area (Å²) in [5.41, 5.74) is 0. The van der Waals surface area contributed by atoms with Gasteiger partial charge in [-0.05, 0) is 6.42 Å². The molecule has 0 fully saturated rings. The van der Waals surface area contributed by atoms with Gasteiger partial charge in [-0.1, -0.05) is 13.5 Å². The lowest BCUT2D eigenvalue weighted by Crippen LogP contribution is -2.08. The molecule has 0 aliphatic heterocycles. The summed E-state index contributed by atoms with van der Waals surface area (Å²) in [6.45, 7) is 6.21. The molecule has 0 saturated carbocycles. The first kappa shape index (κ1) is 11.1. The first-order valence-electron chi connectivity index (χ1n) is 3.84. The number of hydrogen-bond acceptors (Lipinski definition) is 4. The molecule has 70 valence electrons. The van der Waals surface area contributed by atoms with Gasteiger partial charge in [-0.2, -0.15) is 0 Å². The van der Waals surface area contributed by atoms with E-state index in [0.29, 0.717) is 6.61 Å². The van der Waals surface area contributed by atoms with Crippen molar-refractivity contribution in [2.75, 3.05) is 19.8 Å². The largest absolute Gasteiger partial charge is 0.460 e. The minimum atomic E-state index is -0.450. The summed E-state index contributed by atoms with van der Waals surface area (Å²) in [6, 6.07) is 0. The molecule has 0 aliphatic rings. The molecule has 0 aromatic carbocycles. The highest BCUT2D eigenvalue weighted by molar-refractivity contribution is 5.81. The van der Waals surface area contributed by atoms with Crippen LogP contribution in [-0.4, -0.2) is 25.8 Å². The van der Waals surface area contributed by atoms with Gasteiger partial charge in [0, 0.05) is 6.08 Å². The number of rotatable bonds is 7. The third kappa shape index (κ3) is 7.24. The maximum Gasteiger partial charge on any atom is 0.330 e. The lowest BCUT2D eigenvalue weighted by atomic mass is 10.5. The first-order chi connectivity index (χ1) is 5.81. The average Bonchev–Trinajstić information content (AvgIpc) is 2.10. The van der Waals surface area contributed by atoms with E-state index in [0.717, 1.165) is 12.5 Å². The van der Waals surface area contributed by atoms with Gasteiger partial charge >= 0.3 is 5.97 Å². The molecule has 0 spiro atoms. The van der Waals surface area contributed by atoms with Crippen molar-refractivity contribution in [1.82, 2.24) is 0 Å². The zero-order valence-electron chi connectivity index (χ0n) is 7.25. The molecule has 4 nitrogen and oxygen atoms in total. The predicted molar refractivity (Wildman–Crippen MR) is 43.4 cm³/mol. The van der Waals surface area contributed by atoms with Crippen molar-refractivity contribution in [3.63, 3.8) is 0 Å². The molecule has 0 aromatic rings. The number of carbonyl (C=O) groups excluding carboxylic acids is 1. The third-order valence-electron chi connectivity index (χ3n) is 0.948. The van der Waals surface area contributed by atoms with Crippen LogP contribution in [0.1, 0.15) is 13.3 Å². The van der Waals surface area contributed by atoms with Gasteiger partial charge in [0.25, 0.3) is 0 Å². The Kier molecular flexibility index (Phi) is 7.63. The Balaban J connectivity index is 3.00. The quantitative estimate of drug-likeness (QED) is 0.190. The maximum atomic E-state index is 10.5. The van der Waals surface area contributed by atoms with E-state index in [2.05, 4.69) is 21.1 Å². The van der Waals surface area contributed by atoms with Gasteiger partial charge < -0.3 is 4.74 Å². The molecule has 0 heterocycles. The van der Waals surface area contributed by atoms with Crippen LogP contribution in [0, 0.1) is 0 Å². The Morgan fingerprint density at radius 3 is 2.58 bits per heavy atom. The van der Waals surface area contributed by atoms with Crippen LogP contribution in [0.25, 0.3) is 0 Å². The Morgan fingerprint density at radius 1 is 1.33 bits per heavy atom. The summed E-state index contributed by atoms with van der Waals surface area (Å²) in [5.74, 6) is -0.450. The Labute approximate surface area is 72.0 Å². The van der Waals surface area contributed by atoms with Crippen LogP contribution < -0.4 is 0 Å². The van der Waals surface area contributed by atoms with Crippen LogP contribution >= 0.6 is 0 Å². The van der Waals surface area contributed by atoms with Gasteiger partial charge in [0.05, 0.1) is 6.61 Å². The second-order valence-corrected chi connectivity index (χ2v) is 2.02. The molecule has 12 heavy (non-hydrogen) atoms. The molecule has 0 aromatic heterocycles. The van der Waals surface area contributed by atoms with Gasteiger partial charge in [-0.3, -0.25) is 0 Å². The summed E-state index contributed by atoms with van der Waals surface area (Å²) in [7, 11) is 0. The van der Waals surface area contributed by atoms with Crippen molar-refractivity contribution >= 4 is 5.97 Å². The Morgan fingerprint density at radius 2 is 2.00 bits per heavy atom. The summed E-state index contributed by atoms with van der Waals surface area (Å²) in [4.78, 5) is 19.8. The highest BCUT2D eigenvalue weighted by atomic mass is 17.2. The van der Waals surface area contributed by atoms with Crippen LogP contribution in [0.15, 0.2) is 12.7 Å². The lowest BCUT2D eigenvalue weighted by molar-refractivity contribution is -0.297. The standard InChI is InChI=1S/C8H14O4/c1-3-5-11-12-7-6-10-8(9)4-2/h4H,2-3,5-7H2,1H3. The van der Waals surface area contributed by atoms with E-state index >= 15 is 0 Å². The molecule has 0 saturated heterocycles. The summed E-state index contributed by atoms with van der Waals surface area (Å²) >= 11 is 0. The number of esters is 1. The van der Waals surface area contributed by atoms with Crippen LogP contribution in [0.5, 0.6) is 0 Å². The summed E-state index contributed by atoms with van der Waals surface area (Å²) in [5, 5.41) is 0. The molecule has 0 unspecified atom stereocenters. The Hall–Kier alpha value is -0.870. The van der Waals surface area contributed by atoms with E-state index < -0.39 is 5.97 Å². The average molecular weight is 174 g/mol. The van der Waals surface area contributed by atoms with Gasteiger partial charge in [-0.25, -0.2) is 14.6 Å². The third-order valence-corrected chi connectivity index (χ3v) is 0.948. The van der Waals surface area contributed by atoms with E-state index in [1.54, 1.807) is 0 Å². The van der Waals surface area contributed by atoms with Crippen molar-refractivity contribution < 1.29 is 19.3 Å². The summed E-state index contributed by atoms with van der Waals surface area (Å²) in [6.07, 6.45) is 2.00.